The van der Waals surface area contributed by atoms with Gasteiger partial charge in [-0.1, -0.05) is 18.2 Å². The number of amides is 1. The molecule has 1 atom stereocenters. The largest absolute Gasteiger partial charge is 0.497 e. The van der Waals surface area contributed by atoms with Gasteiger partial charge < -0.3 is 4.74 Å². The molecule has 0 aromatic heterocycles. The zero-order chi connectivity index (χ0) is 14.4. The van der Waals surface area contributed by atoms with Crippen molar-refractivity contribution in [1.82, 2.24) is 5.32 Å². The maximum absolute atomic E-state index is 11.9. The Hall–Kier alpha value is -2.50. The molecule has 2 rings (SSSR count). The van der Waals surface area contributed by atoms with Gasteiger partial charge in [0.25, 0.3) is 5.91 Å². The SMILES string of the molecule is C=CCN=C1N=NC(Cc2ccc(OC)cc2)C(=O)N1. The summed E-state index contributed by atoms with van der Waals surface area (Å²) < 4.78 is 5.09. The Bertz CT molecular complexity index is 549. The summed E-state index contributed by atoms with van der Waals surface area (Å²) >= 11 is 0. The van der Waals surface area contributed by atoms with Gasteiger partial charge in [-0.3, -0.25) is 10.1 Å². The number of azo groups is 1. The number of carbonyl (C=O) groups excluding carboxylic acids is 1. The van der Waals surface area contributed by atoms with Gasteiger partial charge in [0.1, 0.15) is 5.75 Å². The van der Waals surface area contributed by atoms with Crippen LogP contribution in [0.5, 0.6) is 5.75 Å². The molecule has 104 valence electrons. The fraction of sp³-hybridized carbons (Fsp3) is 0.286. The third-order valence-electron chi connectivity index (χ3n) is 2.79. The molecule has 0 fully saturated rings. The van der Waals surface area contributed by atoms with Gasteiger partial charge in [0, 0.05) is 6.42 Å². The van der Waals surface area contributed by atoms with Crippen molar-refractivity contribution < 1.29 is 9.53 Å². The third kappa shape index (κ3) is 3.50. The molecule has 1 aliphatic rings. The van der Waals surface area contributed by atoms with Gasteiger partial charge >= 0.3 is 0 Å². The molecule has 1 aliphatic heterocycles. The molecule has 0 radical (unpaired) electrons. The lowest BCUT2D eigenvalue weighted by atomic mass is 10.1. The quantitative estimate of drug-likeness (QED) is 0.829. The van der Waals surface area contributed by atoms with Gasteiger partial charge in [-0.2, -0.15) is 5.11 Å². The first kappa shape index (κ1) is 13.9. The van der Waals surface area contributed by atoms with Crippen molar-refractivity contribution >= 4 is 11.9 Å². The highest BCUT2D eigenvalue weighted by Gasteiger charge is 2.23. The van der Waals surface area contributed by atoms with Crippen molar-refractivity contribution in [3.8, 4) is 5.75 Å². The smallest absolute Gasteiger partial charge is 0.253 e. The lowest BCUT2D eigenvalue weighted by Gasteiger charge is -2.16. The molecule has 0 aliphatic carbocycles. The van der Waals surface area contributed by atoms with Crippen LogP contribution in [-0.2, 0) is 11.2 Å². The van der Waals surface area contributed by atoms with Gasteiger partial charge in [0.05, 0.1) is 13.7 Å². The van der Waals surface area contributed by atoms with Gasteiger partial charge in [-0.05, 0) is 17.7 Å². The van der Waals surface area contributed by atoms with Crippen LogP contribution in [0.2, 0.25) is 0 Å². The van der Waals surface area contributed by atoms with Crippen LogP contribution in [0.25, 0.3) is 0 Å². The Kier molecular flexibility index (Phi) is 4.60. The molecular formula is C14H16N4O2. The van der Waals surface area contributed by atoms with Gasteiger partial charge in [-0.25, -0.2) is 4.99 Å². The van der Waals surface area contributed by atoms with E-state index in [0.717, 1.165) is 11.3 Å². The number of aliphatic imine (C=N–C) groups is 1. The number of benzene rings is 1. The van der Waals surface area contributed by atoms with Gasteiger partial charge in [0.2, 0.25) is 5.96 Å². The highest BCUT2D eigenvalue weighted by molar-refractivity contribution is 6.01. The molecule has 0 spiro atoms. The molecule has 1 heterocycles. The second-order valence-corrected chi connectivity index (χ2v) is 4.23. The van der Waals surface area contributed by atoms with E-state index in [9.17, 15) is 4.79 Å². The normalized spacial score (nSPS) is 19.8. The van der Waals surface area contributed by atoms with Crippen molar-refractivity contribution in [2.45, 2.75) is 12.5 Å². The van der Waals surface area contributed by atoms with Crippen LogP contribution in [0.4, 0.5) is 0 Å². The second-order valence-electron chi connectivity index (χ2n) is 4.23. The van der Waals surface area contributed by atoms with E-state index in [0.29, 0.717) is 13.0 Å². The van der Waals surface area contributed by atoms with E-state index in [4.69, 9.17) is 4.74 Å². The summed E-state index contributed by atoms with van der Waals surface area (Å²) in [6, 6.07) is 6.99. The molecule has 1 aromatic carbocycles. The van der Waals surface area contributed by atoms with Crippen LogP contribution in [0, 0.1) is 0 Å². The first-order valence-corrected chi connectivity index (χ1v) is 6.23. The molecule has 1 aromatic rings. The van der Waals surface area contributed by atoms with Crippen LogP contribution in [0.15, 0.2) is 52.1 Å². The summed E-state index contributed by atoms with van der Waals surface area (Å²) in [6.07, 6.45) is 2.12. The van der Waals surface area contributed by atoms with Gasteiger partial charge in [-0.15, -0.1) is 11.7 Å². The number of methoxy groups -OCH3 is 1. The van der Waals surface area contributed by atoms with Crippen molar-refractivity contribution in [2.24, 2.45) is 15.2 Å². The summed E-state index contributed by atoms with van der Waals surface area (Å²) in [5.41, 5.74) is 0.997. The monoisotopic (exact) mass is 272 g/mol. The number of guanidine groups is 1. The molecule has 6 heteroatoms. The minimum atomic E-state index is -0.522. The number of rotatable bonds is 5. The van der Waals surface area contributed by atoms with E-state index in [1.54, 1.807) is 13.2 Å². The van der Waals surface area contributed by atoms with E-state index in [2.05, 4.69) is 27.1 Å². The van der Waals surface area contributed by atoms with Gasteiger partial charge in [0.15, 0.2) is 6.04 Å². The van der Waals surface area contributed by atoms with E-state index in [1.165, 1.54) is 0 Å². The maximum Gasteiger partial charge on any atom is 0.253 e. The molecule has 1 N–H and O–H groups in total. The molecule has 0 bridgehead atoms. The van der Waals surface area contributed by atoms with Crippen molar-refractivity contribution in [3.05, 3.63) is 42.5 Å². The third-order valence-corrected chi connectivity index (χ3v) is 2.79. The molecule has 1 unspecified atom stereocenters. The Morgan fingerprint density at radius 3 is 2.80 bits per heavy atom. The fourth-order valence-electron chi connectivity index (χ4n) is 1.74. The number of ether oxygens (including phenoxy) is 1. The van der Waals surface area contributed by atoms with Crippen LogP contribution >= 0.6 is 0 Å². The van der Waals surface area contributed by atoms with Crippen LogP contribution in [0.1, 0.15) is 5.56 Å². The average Bonchev–Trinajstić information content (AvgIpc) is 2.48. The molecule has 0 saturated heterocycles. The number of hydrogen-bond acceptors (Lipinski definition) is 4. The molecule has 0 saturated carbocycles. The highest BCUT2D eigenvalue weighted by atomic mass is 16.5. The minimum Gasteiger partial charge on any atom is -0.497 e. The number of nitrogens with zero attached hydrogens (tertiary/aromatic N) is 3. The Balaban J connectivity index is 2.03. The first-order chi connectivity index (χ1) is 9.72. The van der Waals surface area contributed by atoms with E-state index >= 15 is 0 Å². The summed E-state index contributed by atoms with van der Waals surface area (Å²) in [6.45, 7) is 3.95. The predicted octanol–water partition coefficient (Wildman–Crippen LogP) is 1.73. The summed E-state index contributed by atoms with van der Waals surface area (Å²) in [4.78, 5) is 15.9. The molecule has 1 amide bonds. The molecular weight excluding hydrogens is 256 g/mol. The fourth-order valence-corrected chi connectivity index (χ4v) is 1.74. The maximum atomic E-state index is 11.9. The van der Waals surface area contributed by atoms with E-state index in [1.807, 2.05) is 24.3 Å². The first-order valence-electron chi connectivity index (χ1n) is 6.23. The zero-order valence-corrected chi connectivity index (χ0v) is 11.2. The lowest BCUT2D eigenvalue weighted by Crippen LogP contribution is -2.41. The van der Waals surface area contributed by atoms with Crippen LogP contribution < -0.4 is 10.1 Å². The minimum absolute atomic E-state index is 0.196. The predicted molar refractivity (Wildman–Crippen MR) is 76.0 cm³/mol. The van der Waals surface area contributed by atoms with Crippen molar-refractivity contribution in [1.29, 1.82) is 0 Å². The van der Waals surface area contributed by atoms with Crippen LogP contribution in [-0.4, -0.2) is 31.6 Å². The summed E-state index contributed by atoms with van der Waals surface area (Å²) in [7, 11) is 1.61. The molecule has 20 heavy (non-hydrogen) atoms. The second kappa shape index (κ2) is 6.60. The van der Waals surface area contributed by atoms with Crippen molar-refractivity contribution in [3.63, 3.8) is 0 Å². The number of nitrogens with one attached hydrogen (secondary N) is 1. The Morgan fingerprint density at radius 2 is 2.20 bits per heavy atom. The number of carbonyl (C=O) groups is 1. The highest BCUT2D eigenvalue weighted by Crippen LogP contribution is 2.14. The standard InChI is InChI=1S/C14H16N4O2/c1-3-8-15-14-16-13(19)12(17-18-14)9-10-4-6-11(20-2)7-5-10/h3-7,12H,1,8-9H2,2H3,(H,15,16,19). The van der Waals surface area contributed by atoms with Crippen LogP contribution in [0.3, 0.4) is 0 Å². The summed E-state index contributed by atoms with van der Waals surface area (Å²) in [5, 5.41) is 10.5. The van der Waals surface area contributed by atoms with E-state index < -0.39 is 6.04 Å². The average molecular weight is 272 g/mol. The van der Waals surface area contributed by atoms with Crippen molar-refractivity contribution in [2.75, 3.05) is 13.7 Å². The molecule has 6 nitrogen and oxygen atoms in total. The Labute approximate surface area is 117 Å². The zero-order valence-electron chi connectivity index (χ0n) is 11.2. The van der Waals surface area contributed by atoms with E-state index in [-0.39, 0.29) is 11.9 Å². The lowest BCUT2D eigenvalue weighted by molar-refractivity contribution is -0.121. The number of hydrogen-bond donors (Lipinski definition) is 1. The topological polar surface area (TPSA) is 75.4 Å². The Morgan fingerprint density at radius 1 is 1.45 bits per heavy atom. The summed E-state index contributed by atoms with van der Waals surface area (Å²) in [5.74, 6) is 0.821.